The molecular formula is C21H20F3NO3. The summed E-state index contributed by atoms with van der Waals surface area (Å²) >= 11 is 0. The van der Waals surface area contributed by atoms with Crippen molar-refractivity contribution in [1.29, 1.82) is 0 Å². The molecule has 2 rings (SSSR count). The number of benzene rings is 2. The van der Waals surface area contributed by atoms with Crippen LogP contribution in [0.4, 0.5) is 13.2 Å². The van der Waals surface area contributed by atoms with Gasteiger partial charge in [0.15, 0.2) is 6.61 Å². The van der Waals surface area contributed by atoms with Crippen LogP contribution in [-0.4, -0.2) is 25.0 Å². The number of carbonyl (C=O) groups is 2. The molecule has 0 saturated heterocycles. The summed E-state index contributed by atoms with van der Waals surface area (Å²) in [6.45, 7) is 0.00243. The number of alkyl halides is 3. The standard InChI is InChI=1S/C21H20F3NO3/c22-21(23,24)18-10-4-8-17(14-18)11-12-20(27)28-15-19(26)25-13-5-9-16-6-2-1-3-7-16/h1-4,6-8,10-12,14H,5,9,13,15H2,(H,25,26)/b12-11+. The number of esters is 1. The predicted octanol–water partition coefficient (Wildman–Crippen LogP) is 4.01. The third-order valence-electron chi connectivity index (χ3n) is 3.78. The Morgan fingerprint density at radius 2 is 1.79 bits per heavy atom. The molecule has 4 nitrogen and oxygen atoms in total. The summed E-state index contributed by atoms with van der Waals surface area (Å²) in [7, 11) is 0. The first-order valence-corrected chi connectivity index (χ1v) is 8.67. The Bertz CT molecular complexity index is 817. The number of nitrogens with one attached hydrogen (secondary N) is 1. The molecule has 28 heavy (non-hydrogen) atoms. The number of amides is 1. The SMILES string of the molecule is O=C(COC(=O)/C=C/c1cccc(C(F)(F)F)c1)NCCCc1ccccc1. The van der Waals surface area contributed by atoms with Gasteiger partial charge in [-0.1, -0.05) is 42.5 Å². The zero-order chi connectivity index (χ0) is 20.4. The molecule has 0 aliphatic rings. The van der Waals surface area contributed by atoms with E-state index in [2.05, 4.69) is 5.32 Å². The van der Waals surface area contributed by atoms with Crippen molar-refractivity contribution in [2.24, 2.45) is 0 Å². The Morgan fingerprint density at radius 3 is 2.50 bits per heavy atom. The van der Waals surface area contributed by atoms with Crippen molar-refractivity contribution < 1.29 is 27.5 Å². The third-order valence-corrected chi connectivity index (χ3v) is 3.78. The lowest BCUT2D eigenvalue weighted by atomic mass is 10.1. The van der Waals surface area contributed by atoms with E-state index in [4.69, 9.17) is 4.74 Å². The van der Waals surface area contributed by atoms with Crippen LogP contribution in [0.1, 0.15) is 23.1 Å². The van der Waals surface area contributed by atoms with Gasteiger partial charge in [-0.25, -0.2) is 4.79 Å². The Balaban J connectivity index is 1.69. The van der Waals surface area contributed by atoms with Crippen LogP contribution in [0.5, 0.6) is 0 Å². The van der Waals surface area contributed by atoms with E-state index in [-0.39, 0.29) is 5.56 Å². The molecular weight excluding hydrogens is 371 g/mol. The van der Waals surface area contributed by atoms with E-state index in [0.29, 0.717) is 6.54 Å². The van der Waals surface area contributed by atoms with Crippen LogP contribution in [0, 0.1) is 0 Å². The lowest BCUT2D eigenvalue weighted by Crippen LogP contribution is -2.29. The Hall–Kier alpha value is -3.09. The Labute approximate surface area is 161 Å². The topological polar surface area (TPSA) is 55.4 Å². The maximum absolute atomic E-state index is 12.6. The molecule has 1 amide bonds. The second kappa shape index (κ2) is 10.3. The summed E-state index contributed by atoms with van der Waals surface area (Å²) in [5.41, 5.74) is 0.568. The van der Waals surface area contributed by atoms with Crippen molar-refractivity contribution in [2.45, 2.75) is 19.0 Å². The molecule has 0 fully saturated rings. The fraction of sp³-hybridized carbons (Fsp3) is 0.238. The molecule has 0 heterocycles. The first-order chi connectivity index (χ1) is 13.3. The van der Waals surface area contributed by atoms with Crippen LogP contribution in [-0.2, 0) is 26.9 Å². The van der Waals surface area contributed by atoms with Gasteiger partial charge < -0.3 is 10.1 Å². The van der Waals surface area contributed by atoms with E-state index in [1.54, 1.807) is 0 Å². The van der Waals surface area contributed by atoms with Crippen LogP contribution < -0.4 is 5.32 Å². The average Bonchev–Trinajstić information content (AvgIpc) is 2.68. The lowest BCUT2D eigenvalue weighted by Gasteiger charge is -2.07. The molecule has 0 spiro atoms. The van der Waals surface area contributed by atoms with Gasteiger partial charge in [-0.2, -0.15) is 13.2 Å². The third kappa shape index (κ3) is 7.65. The average molecular weight is 391 g/mol. The lowest BCUT2D eigenvalue weighted by molar-refractivity contribution is -0.143. The molecule has 0 atom stereocenters. The number of carbonyl (C=O) groups excluding carboxylic acids is 2. The van der Waals surface area contributed by atoms with E-state index in [0.717, 1.165) is 31.1 Å². The number of aryl methyl sites for hydroxylation is 1. The Kier molecular flexibility index (Phi) is 7.80. The largest absolute Gasteiger partial charge is 0.452 e. The van der Waals surface area contributed by atoms with Gasteiger partial charge in [0, 0.05) is 12.6 Å². The minimum atomic E-state index is -4.46. The van der Waals surface area contributed by atoms with Gasteiger partial charge in [-0.15, -0.1) is 0 Å². The molecule has 7 heteroatoms. The van der Waals surface area contributed by atoms with E-state index < -0.39 is 30.2 Å². The molecule has 1 N–H and O–H groups in total. The van der Waals surface area contributed by atoms with Crippen molar-refractivity contribution in [3.8, 4) is 0 Å². The first kappa shape index (κ1) is 21.2. The van der Waals surface area contributed by atoms with Crippen molar-refractivity contribution in [3.63, 3.8) is 0 Å². The van der Waals surface area contributed by atoms with Gasteiger partial charge in [0.05, 0.1) is 5.56 Å². The second-order valence-corrected chi connectivity index (χ2v) is 6.00. The molecule has 0 unspecified atom stereocenters. The molecule has 2 aromatic carbocycles. The monoisotopic (exact) mass is 391 g/mol. The van der Waals surface area contributed by atoms with E-state index in [1.807, 2.05) is 30.3 Å². The highest BCUT2D eigenvalue weighted by molar-refractivity contribution is 5.89. The first-order valence-electron chi connectivity index (χ1n) is 8.67. The minimum absolute atomic E-state index is 0.206. The van der Waals surface area contributed by atoms with Crippen LogP contribution in [0.2, 0.25) is 0 Å². The molecule has 148 valence electrons. The predicted molar refractivity (Wildman–Crippen MR) is 99.2 cm³/mol. The van der Waals surface area contributed by atoms with E-state index in [9.17, 15) is 22.8 Å². The molecule has 0 aliphatic carbocycles. The van der Waals surface area contributed by atoms with Gasteiger partial charge in [0.2, 0.25) is 0 Å². The molecule has 0 aromatic heterocycles. The van der Waals surface area contributed by atoms with Crippen LogP contribution in [0.3, 0.4) is 0 Å². The number of ether oxygens (including phenoxy) is 1. The summed E-state index contributed by atoms with van der Waals surface area (Å²) in [4.78, 5) is 23.3. The second-order valence-electron chi connectivity index (χ2n) is 6.00. The maximum Gasteiger partial charge on any atom is 0.416 e. The zero-order valence-corrected chi connectivity index (χ0v) is 15.0. The van der Waals surface area contributed by atoms with Crippen LogP contribution in [0.25, 0.3) is 6.08 Å². The van der Waals surface area contributed by atoms with E-state index >= 15 is 0 Å². The van der Waals surface area contributed by atoms with Crippen molar-refractivity contribution in [3.05, 3.63) is 77.4 Å². The fourth-order valence-electron chi connectivity index (χ4n) is 2.38. The van der Waals surface area contributed by atoms with Gasteiger partial charge >= 0.3 is 12.1 Å². The quantitative estimate of drug-likeness (QED) is 0.420. The molecule has 2 aromatic rings. The van der Waals surface area contributed by atoms with Crippen molar-refractivity contribution >= 4 is 18.0 Å². The van der Waals surface area contributed by atoms with E-state index in [1.165, 1.54) is 23.8 Å². The summed E-state index contributed by atoms with van der Waals surface area (Å²) in [5.74, 6) is -1.24. The summed E-state index contributed by atoms with van der Waals surface area (Å²) < 4.78 is 42.7. The van der Waals surface area contributed by atoms with Crippen LogP contribution in [0.15, 0.2) is 60.7 Å². The summed E-state index contributed by atoms with van der Waals surface area (Å²) in [6, 6.07) is 14.4. The van der Waals surface area contributed by atoms with Crippen LogP contribution >= 0.6 is 0 Å². The highest BCUT2D eigenvalue weighted by Gasteiger charge is 2.30. The molecule has 0 radical (unpaired) electrons. The Morgan fingerprint density at radius 1 is 1.04 bits per heavy atom. The molecule has 0 bridgehead atoms. The van der Waals surface area contributed by atoms with Gasteiger partial charge in [0.25, 0.3) is 5.91 Å². The van der Waals surface area contributed by atoms with Crippen molar-refractivity contribution in [1.82, 2.24) is 5.32 Å². The number of hydrogen-bond acceptors (Lipinski definition) is 3. The molecule has 0 aliphatic heterocycles. The van der Waals surface area contributed by atoms with Gasteiger partial charge in [0.1, 0.15) is 0 Å². The number of hydrogen-bond donors (Lipinski definition) is 1. The number of rotatable bonds is 8. The fourth-order valence-corrected chi connectivity index (χ4v) is 2.38. The minimum Gasteiger partial charge on any atom is -0.452 e. The summed E-state index contributed by atoms with van der Waals surface area (Å²) in [5, 5.41) is 2.64. The normalized spacial score (nSPS) is 11.4. The highest BCUT2D eigenvalue weighted by Crippen LogP contribution is 2.29. The van der Waals surface area contributed by atoms with Crippen molar-refractivity contribution in [2.75, 3.05) is 13.2 Å². The smallest absolute Gasteiger partial charge is 0.416 e. The van der Waals surface area contributed by atoms with Gasteiger partial charge in [-0.3, -0.25) is 4.79 Å². The summed E-state index contributed by atoms with van der Waals surface area (Å²) in [6.07, 6.45) is -0.698. The highest BCUT2D eigenvalue weighted by atomic mass is 19.4. The number of halogens is 3. The van der Waals surface area contributed by atoms with Gasteiger partial charge in [-0.05, 0) is 42.2 Å². The molecule has 0 saturated carbocycles. The zero-order valence-electron chi connectivity index (χ0n) is 15.0. The maximum atomic E-state index is 12.6.